The van der Waals surface area contributed by atoms with E-state index in [2.05, 4.69) is 52.8 Å². The summed E-state index contributed by atoms with van der Waals surface area (Å²) in [6.07, 6.45) is 3.92. The van der Waals surface area contributed by atoms with Crippen LogP contribution in [0.15, 0.2) is 53.5 Å². The summed E-state index contributed by atoms with van der Waals surface area (Å²) in [5, 5.41) is 5.95. The standard InChI is InChI=1S/C15H14N2/c1-2-4-13-11-14(6-5-12(13)3-1)15-7-8-16-9-10-17-15/h1-8,11,17H,9-10H2. The second-order valence-electron chi connectivity index (χ2n) is 4.12. The maximum atomic E-state index is 4.25. The number of rotatable bonds is 1. The maximum Gasteiger partial charge on any atom is 0.0562 e. The third-order valence-electron chi connectivity index (χ3n) is 2.96. The number of nitrogens with one attached hydrogen (secondary N) is 1. The number of hydrogen-bond acceptors (Lipinski definition) is 2. The van der Waals surface area contributed by atoms with Crippen LogP contribution in [0.2, 0.25) is 0 Å². The smallest absolute Gasteiger partial charge is 0.0562 e. The minimum absolute atomic E-state index is 0.841. The van der Waals surface area contributed by atoms with E-state index in [9.17, 15) is 0 Å². The first-order valence-corrected chi connectivity index (χ1v) is 5.87. The van der Waals surface area contributed by atoms with E-state index in [0.29, 0.717) is 0 Å². The van der Waals surface area contributed by atoms with Crippen molar-refractivity contribution in [3.8, 4) is 0 Å². The van der Waals surface area contributed by atoms with Crippen molar-refractivity contribution in [3.05, 3.63) is 54.1 Å². The van der Waals surface area contributed by atoms with Gasteiger partial charge < -0.3 is 5.32 Å². The molecule has 0 amide bonds. The normalized spacial score (nSPS) is 15.2. The number of nitrogens with zero attached hydrogens (tertiary/aromatic N) is 1. The predicted octanol–water partition coefficient (Wildman–Crippen LogP) is 2.85. The van der Waals surface area contributed by atoms with Crippen molar-refractivity contribution in [1.82, 2.24) is 5.32 Å². The third-order valence-corrected chi connectivity index (χ3v) is 2.96. The average Bonchev–Trinajstić information content (AvgIpc) is 2.67. The predicted molar refractivity (Wildman–Crippen MR) is 73.3 cm³/mol. The summed E-state index contributed by atoms with van der Waals surface area (Å²) in [5.74, 6) is 0. The molecule has 0 aliphatic carbocycles. The summed E-state index contributed by atoms with van der Waals surface area (Å²) in [4.78, 5) is 4.25. The summed E-state index contributed by atoms with van der Waals surface area (Å²) in [6.45, 7) is 1.74. The maximum absolute atomic E-state index is 4.25. The molecular weight excluding hydrogens is 208 g/mol. The average molecular weight is 222 g/mol. The van der Waals surface area contributed by atoms with Crippen LogP contribution in [-0.2, 0) is 0 Å². The van der Waals surface area contributed by atoms with E-state index >= 15 is 0 Å². The molecule has 0 aromatic heterocycles. The number of allylic oxidation sites excluding steroid dienone is 1. The molecule has 2 nitrogen and oxygen atoms in total. The van der Waals surface area contributed by atoms with Crippen molar-refractivity contribution in [2.24, 2.45) is 4.99 Å². The van der Waals surface area contributed by atoms with Crippen LogP contribution < -0.4 is 5.32 Å². The third kappa shape index (κ3) is 2.07. The molecule has 1 aliphatic rings. The molecule has 0 atom stereocenters. The van der Waals surface area contributed by atoms with E-state index < -0.39 is 0 Å². The van der Waals surface area contributed by atoms with Crippen LogP contribution in [-0.4, -0.2) is 19.3 Å². The van der Waals surface area contributed by atoms with Crippen molar-refractivity contribution >= 4 is 22.7 Å². The molecule has 0 spiro atoms. The van der Waals surface area contributed by atoms with Crippen LogP contribution in [0.25, 0.3) is 16.5 Å². The van der Waals surface area contributed by atoms with Gasteiger partial charge in [-0.3, -0.25) is 4.99 Å². The minimum atomic E-state index is 0.841. The van der Waals surface area contributed by atoms with Gasteiger partial charge in [0.2, 0.25) is 0 Å². The first-order valence-electron chi connectivity index (χ1n) is 5.87. The van der Waals surface area contributed by atoms with Crippen LogP contribution in [0, 0.1) is 0 Å². The highest BCUT2D eigenvalue weighted by Gasteiger charge is 2.03. The Hall–Kier alpha value is -2.09. The second kappa shape index (κ2) is 4.42. The fourth-order valence-corrected chi connectivity index (χ4v) is 2.07. The topological polar surface area (TPSA) is 24.4 Å². The van der Waals surface area contributed by atoms with Gasteiger partial charge in [0.15, 0.2) is 0 Å². The van der Waals surface area contributed by atoms with E-state index in [1.54, 1.807) is 0 Å². The van der Waals surface area contributed by atoms with Crippen molar-refractivity contribution in [2.75, 3.05) is 13.1 Å². The summed E-state index contributed by atoms with van der Waals surface area (Å²) < 4.78 is 0. The van der Waals surface area contributed by atoms with Gasteiger partial charge in [-0.1, -0.05) is 36.4 Å². The van der Waals surface area contributed by atoms with E-state index in [1.165, 1.54) is 16.3 Å². The Bertz CT molecular complexity index is 597. The SMILES string of the molecule is C1=NCCNC(c2ccc3ccccc3c2)=C1. The molecule has 2 aromatic rings. The molecule has 2 aromatic carbocycles. The zero-order valence-corrected chi connectivity index (χ0v) is 9.56. The van der Waals surface area contributed by atoms with Gasteiger partial charge in [-0.2, -0.15) is 0 Å². The summed E-state index contributed by atoms with van der Waals surface area (Å²) in [5.41, 5.74) is 2.37. The second-order valence-corrected chi connectivity index (χ2v) is 4.12. The Kier molecular flexibility index (Phi) is 2.62. The quantitative estimate of drug-likeness (QED) is 0.788. The van der Waals surface area contributed by atoms with Gasteiger partial charge >= 0.3 is 0 Å². The Labute approximate surface area is 101 Å². The fraction of sp³-hybridized carbons (Fsp3) is 0.133. The monoisotopic (exact) mass is 222 g/mol. The lowest BCUT2D eigenvalue weighted by Crippen LogP contribution is -2.14. The molecule has 1 N–H and O–H groups in total. The van der Waals surface area contributed by atoms with Gasteiger partial charge in [0.1, 0.15) is 0 Å². The fourth-order valence-electron chi connectivity index (χ4n) is 2.07. The Balaban J connectivity index is 2.05. The Morgan fingerprint density at radius 3 is 2.82 bits per heavy atom. The van der Waals surface area contributed by atoms with Crippen LogP contribution in [0.5, 0.6) is 0 Å². The molecule has 17 heavy (non-hydrogen) atoms. The summed E-state index contributed by atoms with van der Waals surface area (Å²) in [6, 6.07) is 14.9. The molecule has 0 radical (unpaired) electrons. The molecule has 0 saturated heterocycles. The number of aliphatic imine (C=N–C) groups is 1. The van der Waals surface area contributed by atoms with Crippen LogP contribution >= 0.6 is 0 Å². The molecular formula is C15H14N2. The lowest BCUT2D eigenvalue weighted by molar-refractivity contribution is 0.868. The molecule has 0 saturated carbocycles. The number of fused-ring (bicyclic) bond motifs is 1. The molecule has 1 aliphatic heterocycles. The molecule has 0 bridgehead atoms. The molecule has 1 heterocycles. The summed E-state index contributed by atoms with van der Waals surface area (Å²) in [7, 11) is 0. The van der Waals surface area contributed by atoms with Crippen molar-refractivity contribution in [1.29, 1.82) is 0 Å². The van der Waals surface area contributed by atoms with E-state index in [0.717, 1.165) is 18.8 Å². The van der Waals surface area contributed by atoms with Crippen LogP contribution in [0.1, 0.15) is 5.56 Å². The zero-order valence-electron chi connectivity index (χ0n) is 9.56. The molecule has 0 fully saturated rings. The lowest BCUT2D eigenvalue weighted by Gasteiger charge is -2.09. The zero-order chi connectivity index (χ0) is 11.5. The molecule has 84 valence electrons. The summed E-state index contributed by atoms with van der Waals surface area (Å²) >= 11 is 0. The number of benzene rings is 2. The van der Waals surface area contributed by atoms with Gasteiger partial charge in [0.05, 0.1) is 6.54 Å². The van der Waals surface area contributed by atoms with Gasteiger partial charge in [0.25, 0.3) is 0 Å². The van der Waals surface area contributed by atoms with E-state index in [-0.39, 0.29) is 0 Å². The van der Waals surface area contributed by atoms with Crippen molar-refractivity contribution < 1.29 is 0 Å². The molecule has 0 unspecified atom stereocenters. The molecule has 2 heteroatoms. The Morgan fingerprint density at radius 1 is 1.00 bits per heavy atom. The van der Waals surface area contributed by atoms with E-state index in [4.69, 9.17) is 0 Å². The first-order chi connectivity index (χ1) is 8.43. The largest absolute Gasteiger partial charge is 0.383 e. The highest BCUT2D eigenvalue weighted by atomic mass is 14.9. The number of hydrogen-bond donors (Lipinski definition) is 1. The molecule has 3 rings (SSSR count). The van der Waals surface area contributed by atoms with Crippen molar-refractivity contribution in [2.45, 2.75) is 0 Å². The van der Waals surface area contributed by atoms with Crippen LogP contribution in [0.4, 0.5) is 0 Å². The van der Waals surface area contributed by atoms with Gasteiger partial charge in [-0.05, 0) is 28.5 Å². The Morgan fingerprint density at radius 2 is 1.88 bits per heavy atom. The van der Waals surface area contributed by atoms with Crippen LogP contribution in [0.3, 0.4) is 0 Å². The minimum Gasteiger partial charge on any atom is -0.383 e. The highest BCUT2D eigenvalue weighted by molar-refractivity contribution is 5.89. The van der Waals surface area contributed by atoms with Crippen molar-refractivity contribution in [3.63, 3.8) is 0 Å². The highest BCUT2D eigenvalue weighted by Crippen LogP contribution is 2.19. The lowest BCUT2D eigenvalue weighted by atomic mass is 10.0. The van der Waals surface area contributed by atoms with E-state index in [1.807, 2.05) is 12.3 Å². The van der Waals surface area contributed by atoms with Gasteiger partial charge in [-0.15, -0.1) is 0 Å². The van der Waals surface area contributed by atoms with Gasteiger partial charge in [-0.25, -0.2) is 0 Å². The first kappa shape index (κ1) is 10.1. The van der Waals surface area contributed by atoms with Gasteiger partial charge in [0, 0.05) is 18.5 Å².